The van der Waals surface area contributed by atoms with Gasteiger partial charge in [-0.3, -0.25) is 0 Å². The molecule has 0 aromatic heterocycles. The van der Waals surface area contributed by atoms with E-state index in [1.54, 1.807) is 0 Å². The van der Waals surface area contributed by atoms with E-state index in [9.17, 15) is 16.8 Å². The molecule has 0 saturated heterocycles. The Morgan fingerprint density at radius 1 is 1.13 bits per heavy atom. The fourth-order valence-electron chi connectivity index (χ4n) is 0.964. The van der Waals surface area contributed by atoms with Gasteiger partial charge in [-0.25, -0.2) is 16.8 Å². The third kappa shape index (κ3) is 4.48. The molecule has 1 atom stereocenters. The summed E-state index contributed by atoms with van der Waals surface area (Å²) in [4.78, 5) is 0. The van der Waals surface area contributed by atoms with E-state index >= 15 is 0 Å². The topological polar surface area (TPSA) is 94.3 Å². The lowest BCUT2D eigenvalue weighted by Crippen LogP contribution is -2.49. The van der Waals surface area contributed by atoms with Crippen LogP contribution in [0, 0.1) is 0 Å². The van der Waals surface area contributed by atoms with Gasteiger partial charge in [-0.05, 0) is 20.3 Å². The van der Waals surface area contributed by atoms with Gasteiger partial charge in [0.1, 0.15) is 9.84 Å². The molecule has 7 heteroatoms. The summed E-state index contributed by atoms with van der Waals surface area (Å²) >= 11 is 0. The van der Waals surface area contributed by atoms with Crippen molar-refractivity contribution in [1.29, 1.82) is 0 Å². The number of sulfone groups is 2. The molecule has 2 N–H and O–H groups in total. The molecule has 0 aromatic rings. The lowest BCUT2D eigenvalue weighted by atomic mass is 10.0. The Morgan fingerprint density at radius 2 is 1.53 bits per heavy atom. The van der Waals surface area contributed by atoms with Crippen LogP contribution in [-0.2, 0) is 19.7 Å². The Hall–Kier alpha value is -0.140. The van der Waals surface area contributed by atoms with Gasteiger partial charge in [0.05, 0.1) is 10.5 Å². The van der Waals surface area contributed by atoms with Gasteiger partial charge in [-0.2, -0.15) is 0 Å². The number of hydrogen-bond acceptors (Lipinski definition) is 5. The first-order valence-electron chi connectivity index (χ1n) is 4.51. The van der Waals surface area contributed by atoms with Gasteiger partial charge in [0, 0.05) is 18.6 Å². The van der Waals surface area contributed by atoms with Crippen molar-refractivity contribution in [2.75, 3.05) is 18.3 Å². The van der Waals surface area contributed by atoms with Gasteiger partial charge >= 0.3 is 0 Å². The van der Waals surface area contributed by atoms with Crippen LogP contribution in [0.5, 0.6) is 0 Å². The zero-order valence-electron chi connectivity index (χ0n) is 9.52. The zero-order valence-corrected chi connectivity index (χ0v) is 11.2. The van der Waals surface area contributed by atoms with Gasteiger partial charge in [0.15, 0.2) is 9.84 Å². The standard InChI is InChI=1S/C8H19NO4S2/c1-8(2,15(4,12)13)7(9)5-6-14(3,10)11/h7H,5-6,9H2,1-4H3. The highest BCUT2D eigenvalue weighted by Gasteiger charge is 2.36. The maximum Gasteiger partial charge on any atom is 0.154 e. The van der Waals surface area contributed by atoms with Crippen LogP contribution in [0.2, 0.25) is 0 Å². The molecule has 0 heterocycles. The second-order valence-electron chi connectivity index (χ2n) is 4.40. The van der Waals surface area contributed by atoms with Crippen LogP contribution in [0.4, 0.5) is 0 Å². The van der Waals surface area contributed by atoms with Crippen molar-refractivity contribution in [3.63, 3.8) is 0 Å². The summed E-state index contributed by atoms with van der Waals surface area (Å²) in [5, 5.41) is 0. The third-order valence-corrected chi connectivity index (χ3v) is 5.84. The molecular weight excluding hydrogens is 238 g/mol. The van der Waals surface area contributed by atoms with Crippen LogP contribution in [-0.4, -0.2) is 45.9 Å². The second-order valence-corrected chi connectivity index (χ2v) is 9.26. The summed E-state index contributed by atoms with van der Waals surface area (Å²) in [6.45, 7) is 3.02. The molecule has 0 fully saturated rings. The molecule has 1 unspecified atom stereocenters. The Labute approximate surface area is 91.9 Å². The van der Waals surface area contributed by atoms with Crippen LogP contribution < -0.4 is 5.73 Å². The normalized spacial score (nSPS) is 16.3. The largest absolute Gasteiger partial charge is 0.326 e. The van der Waals surface area contributed by atoms with E-state index in [4.69, 9.17) is 5.73 Å². The van der Waals surface area contributed by atoms with Crippen molar-refractivity contribution in [1.82, 2.24) is 0 Å². The predicted molar refractivity (Wildman–Crippen MR) is 61.2 cm³/mol. The van der Waals surface area contributed by atoms with E-state index in [1.165, 1.54) is 13.8 Å². The average Bonchev–Trinajstić information content (AvgIpc) is 1.96. The maximum atomic E-state index is 11.4. The van der Waals surface area contributed by atoms with E-state index in [1.807, 2.05) is 0 Å². The first kappa shape index (κ1) is 14.9. The minimum atomic E-state index is -3.29. The van der Waals surface area contributed by atoms with E-state index in [0.717, 1.165) is 12.5 Å². The van der Waals surface area contributed by atoms with Crippen LogP contribution >= 0.6 is 0 Å². The average molecular weight is 257 g/mol. The monoisotopic (exact) mass is 257 g/mol. The lowest BCUT2D eigenvalue weighted by molar-refractivity contribution is 0.473. The van der Waals surface area contributed by atoms with Crippen molar-refractivity contribution in [2.45, 2.75) is 31.1 Å². The summed E-state index contributed by atoms with van der Waals surface area (Å²) in [5.74, 6) is -0.0902. The summed E-state index contributed by atoms with van der Waals surface area (Å²) in [5.41, 5.74) is 5.70. The Morgan fingerprint density at radius 3 is 1.80 bits per heavy atom. The molecule has 0 saturated carbocycles. The zero-order chi connectivity index (χ0) is 12.5. The Balaban J connectivity index is 4.68. The molecule has 0 aromatic carbocycles. The maximum absolute atomic E-state index is 11.4. The van der Waals surface area contributed by atoms with Gasteiger partial charge in [-0.15, -0.1) is 0 Å². The predicted octanol–water partition coefficient (Wildman–Crippen LogP) is -0.428. The summed E-state index contributed by atoms with van der Waals surface area (Å²) < 4.78 is 43.5. The quantitative estimate of drug-likeness (QED) is 0.721. The molecule has 0 aliphatic heterocycles. The molecule has 0 rings (SSSR count). The highest BCUT2D eigenvalue weighted by atomic mass is 32.2. The second kappa shape index (κ2) is 4.39. The fraction of sp³-hybridized carbons (Fsp3) is 1.00. The van der Waals surface area contributed by atoms with Crippen LogP contribution in [0.15, 0.2) is 0 Å². The van der Waals surface area contributed by atoms with Gasteiger partial charge in [-0.1, -0.05) is 0 Å². The first-order chi connectivity index (χ1) is 6.38. The molecule has 0 bridgehead atoms. The molecule has 0 spiro atoms. The lowest BCUT2D eigenvalue weighted by Gasteiger charge is -2.29. The van der Waals surface area contributed by atoms with Crippen LogP contribution in [0.1, 0.15) is 20.3 Å². The smallest absolute Gasteiger partial charge is 0.154 e. The molecule has 92 valence electrons. The van der Waals surface area contributed by atoms with Crippen LogP contribution in [0.3, 0.4) is 0 Å². The van der Waals surface area contributed by atoms with Crippen molar-refractivity contribution in [3.05, 3.63) is 0 Å². The molecule has 5 nitrogen and oxygen atoms in total. The minimum Gasteiger partial charge on any atom is -0.326 e. The highest BCUT2D eigenvalue weighted by molar-refractivity contribution is 7.92. The van der Waals surface area contributed by atoms with Gasteiger partial charge in [0.2, 0.25) is 0 Å². The van der Waals surface area contributed by atoms with Gasteiger partial charge < -0.3 is 5.73 Å². The van der Waals surface area contributed by atoms with Crippen molar-refractivity contribution in [3.8, 4) is 0 Å². The molecular formula is C8H19NO4S2. The Bertz CT molecular complexity index is 408. The molecule has 0 aliphatic rings. The molecule has 0 aliphatic carbocycles. The SMILES string of the molecule is CC(C)(C(N)CCS(C)(=O)=O)S(C)(=O)=O. The number of hydrogen-bond donors (Lipinski definition) is 1. The fourth-order valence-corrected chi connectivity index (χ4v) is 2.31. The summed E-state index contributed by atoms with van der Waals surface area (Å²) in [6, 6.07) is -0.678. The van der Waals surface area contributed by atoms with Crippen LogP contribution in [0.25, 0.3) is 0 Å². The van der Waals surface area contributed by atoms with Crippen molar-refractivity contribution >= 4 is 19.7 Å². The third-order valence-electron chi connectivity index (χ3n) is 2.65. The highest BCUT2D eigenvalue weighted by Crippen LogP contribution is 2.20. The van der Waals surface area contributed by atoms with E-state index in [-0.39, 0.29) is 12.2 Å². The number of nitrogens with two attached hydrogens (primary N) is 1. The summed E-state index contributed by atoms with van der Waals surface area (Å²) in [6.07, 6.45) is 2.36. The molecule has 0 amide bonds. The van der Waals surface area contributed by atoms with Crippen molar-refractivity contribution in [2.24, 2.45) is 5.73 Å². The van der Waals surface area contributed by atoms with Crippen molar-refractivity contribution < 1.29 is 16.8 Å². The Kier molecular flexibility index (Phi) is 4.35. The minimum absolute atomic E-state index is 0.0902. The van der Waals surface area contributed by atoms with E-state index in [2.05, 4.69) is 0 Å². The first-order valence-corrected chi connectivity index (χ1v) is 8.46. The number of rotatable bonds is 5. The summed E-state index contributed by atoms with van der Waals surface area (Å²) in [7, 11) is -6.39. The van der Waals surface area contributed by atoms with E-state index in [0.29, 0.717) is 0 Å². The molecule has 0 radical (unpaired) electrons. The molecule has 15 heavy (non-hydrogen) atoms. The van der Waals surface area contributed by atoms with Gasteiger partial charge in [0.25, 0.3) is 0 Å². The van der Waals surface area contributed by atoms with E-state index < -0.39 is 30.5 Å².